The fourth-order valence-electron chi connectivity index (χ4n) is 3.91. The third kappa shape index (κ3) is 6.57. The molecule has 1 aliphatic rings. The van der Waals surface area contributed by atoms with Crippen LogP contribution in [0.5, 0.6) is 0 Å². The van der Waals surface area contributed by atoms with E-state index in [0.717, 1.165) is 32.1 Å². The largest absolute Gasteiger partial charge is 0.385 e. The van der Waals surface area contributed by atoms with Crippen molar-refractivity contribution < 1.29 is 9.47 Å². The van der Waals surface area contributed by atoms with Crippen molar-refractivity contribution in [1.82, 2.24) is 10.6 Å². The van der Waals surface area contributed by atoms with Crippen LogP contribution in [0.2, 0.25) is 0 Å². The summed E-state index contributed by atoms with van der Waals surface area (Å²) in [5.41, 5.74) is 3.98. The number of hydrogen-bond acceptors (Lipinski definition) is 3. The molecule has 0 heterocycles. The van der Waals surface area contributed by atoms with Crippen molar-refractivity contribution >= 4 is 5.96 Å². The van der Waals surface area contributed by atoms with Crippen LogP contribution in [0.15, 0.2) is 59.6 Å². The number of hydrogen-bond donors (Lipinski definition) is 2. The molecule has 3 rings (SSSR count). The number of nitrogens with zero attached hydrogens (tertiary/aromatic N) is 1. The molecule has 2 aromatic carbocycles. The Balaban J connectivity index is 1.48. The van der Waals surface area contributed by atoms with E-state index in [1.165, 1.54) is 36.0 Å². The molecule has 30 heavy (non-hydrogen) atoms. The summed E-state index contributed by atoms with van der Waals surface area (Å²) >= 11 is 0. The molecule has 0 saturated heterocycles. The van der Waals surface area contributed by atoms with E-state index in [0.29, 0.717) is 18.6 Å². The molecule has 0 radical (unpaired) electrons. The molecule has 1 fully saturated rings. The van der Waals surface area contributed by atoms with Gasteiger partial charge >= 0.3 is 0 Å². The lowest BCUT2D eigenvalue weighted by molar-refractivity contribution is 0.0732. The van der Waals surface area contributed by atoms with Crippen LogP contribution in [0.1, 0.15) is 42.4 Å². The zero-order valence-corrected chi connectivity index (χ0v) is 18.3. The third-order valence-electron chi connectivity index (χ3n) is 6.04. The Labute approximate surface area is 180 Å². The summed E-state index contributed by atoms with van der Waals surface area (Å²) in [6.45, 7) is 3.70. The molecule has 0 bridgehead atoms. The molecule has 0 spiro atoms. The van der Waals surface area contributed by atoms with Crippen molar-refractivity contribution in [2.24, 2.45) is 10.4 Å². The first-order valence-corrected chi connectivity index (χ1v) is 10.9. The standard InChI is InChI=1S/C25H35N3O2/c1-26-24(28-20-25(13-8-14-25)15-16-29-2)27-17-22-11-6-7-12-23(22)19-30-18-21-9-4-3-5-10-21/h3-7,9-12H,8,13-20H2,1-2H3,(H2,26,27,28). The molecule has 162 valence electrons. The van der Waals surface area contributed by atoms with Crippen LogP contribution < -0.4 is 10.6 Å². The monoisotopic (exact) mass is 409 g/mol. The predicted molar refractivity (Wildman–Crippen MR) is 122 cm³/mol. The van der Waals surface area contributed by atoms with Gasteiger partial charge < -0.3 is 20.1 Å². The van der Waals surface area contributed by atoms with Gasteiger partial charge in [-0.1, -0.05) is 61.0 Å². The maximum absolute atomic E-state index is 5.95. The number of ether oxygens (including phenoxy) is 2. The van der Waals surface area contributed by atoms with E-state index < -0.39 is 0 Å². The van der Waals surface area contributed by atoms with E-state index in [2.05, 4.69) is 52.0 Å². The Hall–Kier alpha value is -2.37. The summed E-state index contributed by atoms with van der Waals surface area (Å²) in [5.74, 6) is 0.846. The lowest BCUT2D eigenvalue weighted by Crippen LogP contribution is -2.46. The molecule has 5 nitrogen and oxygen atoms in total. The Kier molecular flexibility index (Phi) is 8.72. The smallest absolute Gasteiger partial charge is 0.191 e. The van der Waals surface area contributed by atoms with E-state index in [4.69, 9.17) is 9.47 Å². The molecule has 1 saturated carbocycles. The second-order valence-corrected chi connectivity index (χ2v) is 8.12. The van der Waals surface area contributed by atoms with Gasteiger partial charge in [-0.25, -0.2) is 0 Å². The average Bonchev–Trinajstić information content (AvgIpc) is 2.76. The summed E-state index contributed by atoms with van der Waals surface area (Å²) in [7, 11) is 3.61. The Morgan fingerprint density at radius 1 is 0.967 bits per heavy atom. The first-order chi connectivity index (χ1) is 14.7. The summed E-state index contributed by atoms with van der Waals surface area (Å²) < 4.78 is 11.2. The third-order valence-corrected chi connectivity index (χ3v) is 6.04. The van der Waals surface area contributed by atoms with E-state index >= 15 is 0 Å². The molecule has 0 aliphatic heterocycles. The van der Waals surface area contributed by atoms with E-state index in [-0.39, 0.29) is 0 Å². The Bertz CT molecular complexity index is 788. The quantitative estimate of drug-likeness (QED) is 0.430. The number of aliphatic imine (C=N–C) groups is 1. The molecule has 0 amide bonds. The number of methoxy groups -OCH3 is 1. The van der Waals surface area contributed by atoms with Gasteiger partial charge in [0.2, 0.25) is 0 Å². The lowest BCUT2D eigenvalue weighted by atomic mass is 9.67. The van der Waals surface area contributed by atoms with Gasteiger partial charge in [-0.3, -0.25) is 4.99 Å². The molecular weight excluding hydrogens is 374 g/mol. The van der Waals surface area contributed by atoms with E-state index in [9.17, 15) is 0 Å². The van der Waals surface area contributed by atoms with Crippen molar-refractivity contribution in [3.8, 4) is 0 Å². The average molecular weight is 410 g/mol. The van der Waals surface area contributed by atoms with Gasteiger partial charge in [-0.2, -0.15) is 0 Å². The maximum Gasteiger partial charge on any atom is 0.191 e. The van der Waals surface area contributed by atoms with Crippen LogP contribution in [0.3, 0.4) is 0 Å². The summed E-state index contributed by atoms with van der Waals surface area (Å²) in [5, 5.41) is 6.99. The van der Waals surface area contributed by atoms with E-state index in [1.807, 2.05) is 25.2 Å². The number of benzene rings is 2. The minimum atomic E-state index is 0.358. The highest BCUT2D eigenvalue weighted by atomic mass is 16.5. The van der Waals surface area contributed by atoms with Crippen LogP contribution >= 0.6 is 0 Å². The molecular formula is C25H35N3O2. The molecule has 2 aromatic rings. The molecule has 0 atom stereocenters. The van der Waals surface area contributed by atoms with Gasteiger partial charge in [0, 0.05) is 33.9 Å². The fourth-order valence-corrected chi connectivity index (χ4v) is 3.91. The zero-order valence-electron chi connectivity index (χ0n) is 18.3. The van der Waals surface area contributed by atoms with Crippen molar-refractivity contribution in [3.63, 3.8) is 0 Å². The van der Waals surface area contributed by atoms with Crippen molar-refractivity contribution in [1.29, 1.82) is 0 Å². The van der Waals surface area contributed by atoms with Crippen molar-refractivity contribution in [2.75, 3.05) is 27.3 Å². The van der Waals surface area contributed by atoms with Crippen LogP contribution in [0, 0.1) is 5.41 Å². The van der Waals surface area contributed by atoms with Crippen LogP contribution in [-0.2, 0) is 29.2 Å². The van der Waals surface area contributed by atoms with E-state index in [1.54, 1.807) is 7.11 Å². The van der Waals surface area contributed by atoms with Crippen LogP contribution in [0.4, 0.5) is 0 Å². The summed E-state index contributed by atoms with van der Waals surface area (Å²) in [6, 6.07) is 18.7. The van der Waals surface area contributed by atoms with Gasteiger partial charge in [0.05, 0.1) is 13.2 Å². The molecule has 1 aliphatic carbocycles. The molecule has 0 aromatic heterocycles. The predicted octanol–water partition coefficient (Wildman–Crippen LogP) is 4.28. The second kappa shape index (κ2) is 11.7. The first-order valence-electron chi connectivity index (χ1n) is 10.9. The van der Waals surface area contributed by atoms with Crippen molar-refractivity contribution in [2.45, 2.75) is 45.4 Å². The van der Waals surface area contributed by atoms with Gasteiger partial charge in [-0.15, -0.1) is 0 Å². The summed E-state index contributed by atoms with van der Waals surface area (Å²) in [6.07, 6.45) is 4.95. The van der Waals surface area contributed by atoms with Crippen LogP contribution in [-0.4, -0.2) is 33.3 Å². The molecule has 2 N–H and O–H groups in total. The summed E-state index contributed by atoms with van der Waals surface area (Å²) in [4.78, 5) is 4.41. The fraction of sp³-hybridized carbons (Fsp3) is 0.480. The Morgan fingerprint density at radius 3 is 2.37 bits per heavy atom. The second-order valence-electron chi connectivity index (χ2n) is 8.12. The number of nitrogens with one attached hydrogen (secondary N) is 2. The van der Waals surface area contributed by atoms with Gasteiger partial charge in [-0.05, 0) is 41.4 Å². The number of rotatable bonds is 11. The molecule has 0 unspecified atom stereocenters. The maximum atomic E-state index is 5.95. The number of guanidine groups is 1. The minimum Gasteiger partial charge on any atom is -0.385 e. The minimum absolute atomic E-state index is 0.358. The van der Waals surface area contributed by atoms with Crippen LogP contribution in [0.25, 0.3) is 0 Å². The highest BCUT2D eigenvalue weighted by Crippen LogP contribution is 2.43. The van der Waals surface area contributed by atoms with Gasteiger partial charge in [0.15, 0.2) is 5.96 Å². The highest BCUT2D eigenvalue weighted by molar-refractivity contribution is 5.79. The molecule has 5 heteroatoms. The first kappa shape index (κ1) is 22.3. The zero-order chi connectivity index (χ0) is 21.1. The van der Waals surface area contributed by atoms with Gasteiger partial charge in [0.25, 0.3) is 0 Å². The SMILES string of the molecule is CN=C(NCc1ccccc1COCc1ccccc1)NCC1(CCOC)CCC1. The highest BCUT2D eigenvalue weighted by Gasteiger charge is 2.36. The lowest BCUT2D eigenvalue weighted by Gasteiger charge is -2.42. The topological polar surface area (TPSA) is 54.9 Å². The van der Waals surface area contributed by atoms with Crippen molar-refractivity contribution in [3.05, 3.63) is 71.3 Å². The van der Waals surface area contributed by atoms with Gasteiger partial charge in [0.1, 0.15) is 0 Å². The normalized spacial score (nSPS) is 15.5. The Morgan fingerprint density at radius 2 is 1.70 bits per heavy atom.